The number of rotatable bonds is 5. The van der Waals surface area contributed by atoms with Crippen molar-refractivity contribution in [1.82, 2.24) is 14.9 Å². The molecule has 0 N–H and O–H groups in total. The predicted molar refractivity (Wildman–Crippen MR) is 115 cm³/mol. The van der Waals surface area contributed by atoms with Crippen LogP contribution in [0.4, 0.5) is 4.39 Å². The fourth-order valence-electron chi connectivity index (χ4n) is 3.58. The lowest BCUT2D eigenvalue weighted by Crippen LogP contribution is -2.13. The smallest absolute Gasteiger partial charge is 0.123 e. The van der Waals surface area contributed by atoms with Crippen molar-refractivity contribution in [3.05, 3.63) is 99.5 Å². The second-order valence-corrected chi connectivity index (χ2v) is 7.81. The van der Waals surface area contributed by atoms with E-state index in [0.29, 0.717) is 12.1 Å². The molecule has 0 aliphatic carbocycles. The average molecular weight is 417 g/mol. The molecule has 2 aromatic carbocycles. The van der Waals surface area contributed by atoms with Gasteiger partial charge in [0.15, 0.2) is 0 Å². The van der Waals surface area contributed by atoms with E-state index in [0.717, 1.165) is 27.4 Å². The first kappa shape index (κ1) is 18.4. The Bertz CT molecular complexity index is 1200. The van der Waals surface area contributed by atoms with Crippen molar-refractivity contribution in [2.24, 2.45) is 10.4 Å². The number of benzene rings is 2. The Kier molecular flexibility index (Phi) is 4.68. The van der Waals surface area contributed by atoms with Crippen LogP contribution < -0.4 is 0 Å². The number of aromatic nitrogens is 2. The molecule has 0 fully saturated rings. The monoisotopic (exact) mass is 417 g/mol. The van der Waals surface area contributed by atoms with Gasteiger partial charge >= 0.3 is 0 Å². The maximum absolute atomic E-state index is 13.5. The third kappa shape index (κ3) is 3.31. The van der Waals surface area contributed by atoms with E-state index < -0.39 is 6.04 Å². The molecule has 1 aliphatic heterocycles. The van der Waals surface area contributed by atoms with Gasteiger partial charge in [-0.15, -0.1) is 21.4 Å². The SMILES string of the molecule is O=NN1N=C(c2cccs2)C[C@@H]1c1cn(-c2ccccc2)nc1-c1ccc(F)cc1. The zero-order chi connectivity index (χ0) is 20.5. The molecule has 3 heterocycles. The first-order valence-corrected chi connectivity index (χ1v) is 10.3. The second-order valence-electron chi connectivity index (χ2n) is 6.87. The maximum Gasteiger partial charge on any atom is 0.123 e. The Balaban J connectivity index is 1.60. The highest BCUT2D eigenvalue weighted by Gasteiger charge is 2.34. The Morgan fingerprint density at radius 3 is 2.53 bits per heavy atom. The number of hydrogen-bond donors (Lipinski definition) is 0. The number of thiophene rings is 1. The molecular weight excluding hydrogens is 401 g/mol. The van der Waals surface area contributed by atoms with Gasteiger partial charge in [-0.3, -0.25) is 0 Å². The van der Waals surface area contributed by atoms with Crippen molar-refractivity contribution in [2.45, 2.75) is 12.5 Å². The molecule has 8 heteroatoms. The van der Waals surface area contributed by atoms with E-state index in [-0.39, 0.29) is 5.82 Å². The third-order valence-corrected chi connectivity index (χ3v) is 5.94. The highest BCUT2D eigenvalue weighted by Crippen LogP contribution is 2.38. The summed E-state index contributed by atoms with van der Waals surface area (Å²) < 4.78 is 15.3. The number of para-hydroxylation sites is 1. The van der Waals surface area contributed by atoms with Crippen LogP contribution in [0.5, 0.6) is 0 Å². The zero-order valence-electron chi connectivity index (χ0n) is 15.7. The first-order valence-electron chi connectivity index (χ1n) is 9.38. The topological polar surface area (TPSA) is 62.9 Å². The highest BCUT2D eigenvalue weighted by atomic mass is 32.1. The minimum Gasteiger partial charge on any atom is -0.240 e. The lowest BCUT2D eigenvalue weighted by molar-refractivity contribution is 0.242. The zero-order valence-corrected chi connectivity index (χ0v) is 16.5. The lowest BCUT2D eigenvalue weighted by atomic mass is 9.99. The number of hydrazone groups is 1. The fourth-order valence-corrected chi connectivity index (χ4v) is 4.30. The molecule has 30 heavy (non-hydrogen) atoms. The van der Waals surface area contributed by atoms with E-state index in [1.807, 2.05) is 54.0 Å². The summed E-state index contributed by atoms with van der Waals surface area (Å²) in [4.78, 5) is 12.6. The van der Waals surface area contributed by atoms with Gasteiger partial charge in [0.2, 0.25) is 0 Å². The molecule has 0 unspecified atom stereocenters. The van der Waals surface area contributed by atoms with Crippen LogP contribution in [0.15, 0.2) is 88.7 Å². The molecule has 6 nitrogen and oxygen atoms in total. The van der Waals surface area contributed by atoms with Crippen LogP contribution in [0.1, 0.15) is 22.9 Å². The number of halogens is 1. The van der Waals surface area contributed by atoms with E-state index in [9.17, 15) is 9.30 Å². The lowest BCUT2D eigenvalue weighted by Gasteiger charge is -2.15. The minimum absolute atomic E-state index is 0.317. The summed E-state index contributed by atoms with van der Waals surface area (Å²) in [6, 6.07) is 19.4. The van der Waals surface area contributed by atoms with E-state index in [4.69, 9.17) is 5.10 Å². The van der Waals surface area contributed by atoms with Crippen LogP contribution in [-0.2, 0) is 0 Å². The van der Waals surface area contributed by atoms with Crippen molar-refractivity contribution in [3.8, 4) is 16.9 Å². The summed E-state index contributed by atoms with van der Waals surface area (Å²) in [5, 5.41) is 15.5. The van der Waals surface area contributed by atoms with E-state index in [1.54, 1.807) is 28.2 Å². The first-order chi connectivity index (χ1) is 14.7. The van der Waals surface area contributed by atoms with Crippen LogP contribution >= 0.6 is 11.3 Å². The fraction of sp³-hybridized carbons (Fsp3) is 0.0909. The molecule has 0 saturated carbocycles. The largest absolute Gasteiger partial charge is 0.240 e. The van der Waals surface area contributed by atoms with Gasteiger partial charge in [-0.2, -0.15) is 10.2 Å². The van der Waals surface area contributed by atoms with Crippen molar-refractivity contribution in [3.63, 3.8) is 0 Å². The summed E-state index contributed by atoms with van der Waals surface area (Å²) in [6.45, 7) is 0. The number of hydrogen-bond acceptors (Lipinski definition) is 5. The summed E-state index contributed by atoms with van der Waals surface area (Å²) in [5.41, 5.74) is 3.93. The number of nitrogens with zero attached hydrogens (tertiary/aromatic N) is 5. The molecule has 2 aromatic heterocycles. The molecule has 0 saturated heterocycles. The van der Waals surface area contributed by atoms with Gasteiger partial charge in [0, 0.05) is 23.7 Å². The quantitative estimate of drug-likeness (QED) is 0.399. The summed E-state index contributed by atoms with van der Waals surface area (Å²) >= 11 is 1.57. The second kappa shape index (κ2) is 7.64. The molecule has 4 aromatic rings. The van der Waals surface area contributed by atoms with Crippen molar-refractivity contribution in [1.29, 1.82) is 0 Å². The molecule has 0 amide bonds. The van der Waals surface area contributed by atoms with Crippen LogP contribution in [-0.4, -0.2) is 20.6 Å². The van der Waals surface area contributed by atoms with Gasteiger partial charge in [-0.25, -0.2) is 9.07 Å². The minimum atomic E-state index is -0.392. The van der Waals surface area contributed by atoms with E-state index >= 15 is 0 Å². The highest BCUT2D eigenvalue weighted by molar-refractivity contribution is 7.12. The molecule has 148 valence electrons. The molecule has 0 spiro atoms. The average Bonchev–Trinajstić information content (AvgIpc) is 3.53. The van der Waals surface area contributed by atoms with Gasteiger partial charge in [0.25, 0.3) is 0 Å². The van der Waals surface area contributed by atoms with Crippen LogP contribution in [0.3, 0.4) is 0 Å². The molecular formula is C22H16FN5OS. The van der Waals surface area contributed by atoms with Gasteiger partial charge in [0.1, 0.15) is 11.9 Å². The molecule has 0 radical (unpaired) electrons. The number of nitroso groups, excluding NO2 is 1. The van der Waals surface area contributed by atoms with Gasteiger partial charge < -0.3 is 0 Å². The molecule has 5 rings (SSSR count). The Morgan fingerprint density at radius 1 is 1.03 bits per heavy atom. The molecule has 1 atom stereocenters. The Morgan fingerprint density at radius 2 is 1.83 bits per heavy atom. The normalized spacial score (nSPS) is 16.0. The maximum atomic E-state index is 13.5. The van der Waals surface area contributed by atoms with Gasteiger partial charge in [0.05, 0.1) is 27.3 Å². The Hall–Kier alpha value is -3.65. The Labute approximate surface area is 175 Å². The van der Waals surface area contributed by atoms with Crippen molar-refractivity contribution >= 4 is 17.0 Å². The summed E-state index contributed by atoms with van der Waals surface area (Å²) in [5.74, 6) is -0.317. The summed E-state index contributed by atoms with van der Waals surface area (Å²) in [6.07, 6.45) is 2.42. The summed E-state index contributed by atoms with van der Waals surface area (Å²) in [7, 11) is 0. The van der Waals surface area contributed by atoms with Crippen LogP contribution in [0.25, 0.3) is 16.9 Å². The standard InChI is InChI=1S/C22H16FN5OS/c23-16-10-8-15(9-11-16)22-18(14-27(25-22)17-5-2-1-3-6-17)20-13-19(24-28(20)26-29)21-7-4-12-30-21/h1-12,14,20H,13H2/t20-/m1/s1. The molecule has 0 bridgehead atoms. The predicted octanol–water partition coefficient (Wildman–Crippen LogP) is 5.57. The van der Waals surface area contributed by atoms with Gasteiger partial charge in [-0.1, -0.05) is 24.3 Å². The van der Waals surface area contributed by atoms with Crippen LogP contribution in [0.2, 0.25) is 0 Å². The van der Waals surface area contributed by atoms with E-state index in [1.165, 1.54) is 17.3 Å². The van der Waals surface area contributed by atoms with Crippen LogP contribution in [0, 0.1) is 10.7 Å². The van der Waals surface area contributed by atoms with E-state index in [2.05, 4.69) is 10.4 Å². The van der Waals surface area contributed by atoms with Gasteiger partial charge in [-0.05, 0) is 47.8 Å². The molecule has 1 aliphatic rings. The van der Waals surface area contributed by atoms with Crippen molar-refractivity contribution < 1.29 is 4.39 Å². The van der Waals surface area contributed by atoms with Crippen molar-refractivity contribution in [2.75, 3.05) is 0 Å². The third-order valence-electron chi connectivity index (χ3n) is 5.02.